The molecular weight excluding hydrogens is 249 g/mol. The van der Waals surface area contributed by atoms with Crippen LogP contribution in [-0.4, -0.2) is 23.5 Å². The summed E-state index contributed by atoms with van der Waals surface area (Å²) in [4.78, 5) is 22.3. The highest BCUT2D eigenvalue weighted by Crippen LogP contribution is 2.13. The van der Waals surface area contributed by atoms with Gasteiger partial charge in [0.1, 0.15) is 5.82 Å². The van der Waals surface area contributed by atoms with E-state index >= 15 is 0 Å². The van der Waals surface area contributed by atoms with Crippen LogP contribution in [0.4, 0.5) is 4.39 Å². The highest BCUT2D eigenvalue weighted by Gasteiger charge is 2.27. The molecule has 0 aliphatic heterocycles. The van der Waals surface area contributed by atoms with Gasteiger partial charge in [0.2, 0.25) is 5.91 Å². The second-order valence-electron chi connectivity index (χ2n) is 4.76. The molecule has 0 bridgehead atoms. The van der Waals surface area contributed by atoms with Gasteiger partial charge in [0.25, 0.3) is 0 Å². The maximum absolute atomic E-state index is 13.3. The summed E-state index contributed by atoms with van der Waals surface area (Å²) >= 11 is 0. The van der Waals surface area contributed by atoms with Crippen LogP contribution in [-0.2, 0) is 9.59 Å². The first kappa shape index (κ1) is 14.9. The number of rotatable bonds is 5. The first-order chi connectivity index (χ1) is 8.83. The van der Waals surface area contributed by atoms with Gasteiger partial charge in [-0.1, -0.05) is 18.2 Å². The van der Waals surface area contributed by atoms with E-state index in [2.05, 4.69) is 5.32 Å². The summed E-state index contributed by atoms with van der Waals surface area (Å²) in [6, 6.07) is 6.06. The number of carbonyl (C=O) groups excluding carboxylic acids is 1. The molecule has 0 heterocycles. The van der Waals surface area contributed by atoms with E-state index in [1.807, 2.05) is 0 Å². The van der Waals surface area contributed by atoms with Crippen LogP contribution in [0.3, 0.4) is 0 Å². The van der Waals surface area contributed by atoms with Gasteiger partial charge in [-0.3, -0.25) is 9.59 Å². The summed E-state index contributed by atoms with van der Waals surface area (Å²) < 4.78 is 13.3. The van der Waals surface area contributed by atoms with Gasteiger partial charge >= 0.3 is 5.97 Å². The van der Waals surface area contributed by atoms with Crippen molar-refractivity contribution in [3.05, 3.63) is 41.7 Å². The van der Waals surface area contributed by atoms with Crippen molar-refractivity contribution in [3.63, 3.8) is 0 Å². The van der Waals surface area contributed by atoms with Crippen molar-refractivity contribution >= 4 is 18.0 Å². The Morgan fingerprint density at radius 1 is 1.37 bits per heavy atom. The van der Waals surface area contributed by atoms with E-state index in [4.69, 9.17) is 5.11 Å². The van der Waals surface area contributed by atoms with Crippen molar-refractivity contribution in [2.24, 2.45) is 5.41 Å². The zero-order valence-electron chi connectivity index (χ0n) is 10.8. The molecule has 0 aromatic heterocycles. The molecular formula is C14H16FNO3. The summed E-state index contributed by atoms with van der Waals surface area (Å²) in [6.45, 7) is 3.02. The van der Waals surface area contributed by atoms with Crippen LogP contribution < -0.4 is 5.32 Å². The molecule has 102 valence electrons. The molecule has 0 radical (unpaired) electrons. The number of amides is 1. The SMILES string of the molecule is CC(C)(CNC(=O)/C=C/c1ccccc1F)C(=O)O. The molecule has 0 aliphatic rings. The molecule has 0 unspecified atom stereocenters. The second kappa shape index (κ2) is 6.13. The number of benzene rings is 1. The highest BCUT2D eigenvalue weighted by molar-refractivity contribution is 5.92. The van der Waals surface area contributed by atoms with E-state index in [-0.39, 0.29) is 6.54 Å². The van der Waals surface area contributed by atoms with E-state index in [1.54, 1.807) is 18.2 Å². The molecule has 0 aliphatic carbocycles. The van der Waals surface area contributed by atoms with Gasteiger partial charge in [0.05, 0.1) is 5.41 Å². The molecule has 1 rings (SSSR count). The number of aliphatic carboxylic acids is 1. The fourth-order valence-electron chi connectivity index (χ4n) is 1.22. The van der Waals surface area contributed by atoms with Crippen molar-refractivity contribution in [1.82, 2.24) is 5.32 Å². The molecule has 1 aromatic carbocycles. The zero-order chi connectivity index (χ0) is 14.5. The third-order valence-corrected chi connectivity index (χ3v) is 2.60. The monoisotopic (exact) mass is 265 g/mol. The summed E-state index contributed by atoms with van der Waals surface area (Å²) in [5, 5.41) is 11.3. The van der Waals surface area contributed by atoms with Crippen LogP contribution in [0.5, 0.6) is 0 Å². The van der Waals surface area contributed by atoms with Crippen LogP contribution in [0.1, 0.15) is 19.4 Å². The number of carboxylic acid groups (broad SMARTS) is 1. The fourth-order valence-corrected chi connectivity index (χ4v) is 1.22. The summed E-state index contributed by atoms with van der Waals surface area (Å²) in [5.41, 5.74) is -0.739. The molecule has 0 atom stereocenters. The first-order valence-corrected chi connectivity index (χ1v) is 5.77. The Balaban J connectivity index is 2.57. The normalized spacial score (nSPS) is 11.5. The number of carbonyl (C=O) groups is 2. The lowest BCUT2D eigenvalue weighted by atomic mass is 9.94. The quantitative estimate of drug-likeness (QED) is 0.801. The predicted octanol–water partition coefficient (Wildman–Crippen LogP) is 2.07. The van der Waals surface area contributed by atoms with E-state index in [1.165, 1.54) is 32.1 Å². The third-order valence-electron chi connectivity index (χ3n) is 2.60. The minimum atomic E-state index is -1.04. The maximum atomic E-state index is 13.3. The van der Waals surface area contributed by atoms with Gasteiger partial charge in [-0.2, -0.15) is 0 Å². The summed E-state index contributed by atoms with van der Waals surface area (Å²) in [7, 11) is 0. The lowest BCUT2D eigenvalue weighted by Gasteiger charge is -2.18. The number of nitrogens with one attached hydrogen (secondary N) is 1. The van der Waals surface area contributed by atoms with Gasteiger partial charge in [-0.15, -0.1) is 0 Å². The van der Waals surface area contributed by atoms with Crippen LogP contribution in [0.15, 0.2) is 30.3 Å². The van der Waals surface area contributed by atoms with Crippen LogP contribution >= 0.6 is 0 Å². The van der Waals surface area contributed by atoms with Gasteiger partial charge < -0.3 is 10.4 Å². The minimum absolute atomic E-state index is 0.00276. The highest BCUT2D eigenvalue weighted by atomic mass is 19.1. The number of halogens is 1. The third kappa shape index (κ3) is 4.54. The van der Waals surface area contributed by atoms with E-state index in [9.17, 15) is 14.0 Å². The molecule has 1 aromatic rings. The maximum Gasteiger partial charge on any atom is 0.310 e. The molecule has 2 N–H and O–H groups in total. The van der Waals surface area contributed by atoms with Crippen LogP contribution in [0.25, 0.3) is 6.08 Å². The second-order valence-corrected chi connectivity index (χ2v) is 4.76. The van der Waals surface area contributed by atoms with Crippen LogP contribution in [0.2, 0.25) is 0 Å². The Kier molecular flexibility index (Phi) is 4.80. The summed E-state index contributed by atoms with van der Waals surface area (Å²) in [5.74, 6) is -1.87. The molecule has 1 amide bonds. The number of hydrogen-bond acceptors (Lipinski definition) is 2. The molecule has 4 nitrogen and oxygen atoms in total. The van der Waals surface area contributed by atoms with E-state index in [0.717, 1.165) is 0 Å². The molecule has 0 saturated heterocycles. The molecule has 5 heteroatoms. The lowest BCUT2D eigenvalue weighted by molar-refractivity contribution is -0.146. The predicted molar refractivity (Wildman–Crippen MR) is 69.9 cm³/mol. The van der Waals surface area contributed by atoms with Gasteiger partial charge in [0.15, 0.2) is 0 Å². The van der Waals surface area contributed by atoms with Crippen molar-refractivity contribution in [3.8, 4) is 0 Å². The topological polar surface area (TPSA) is 66.4 Å². The standard InChI is InChI=1S/C14H16FNO3/c1-14(2,13(18)19)9-16-12(17)8-7-10-5-3-4-6-11(10)15/h3-8H,9H2,1-2H3,(H,16,17)(H,18,19)/b8-7+. The fraction of sp³-hybridized carbons (Fsp3) is 0.286. The zero-order valence-corrected chi connectivity index (χ0v) is 10.8. The minimum Gasteiger partial charge on any atom is -0.481 e. The molecule has 0 spiro atoms. The van der Waals surface area contributed by atoms with Gasteiger partial charge in [-0.25, -0.2) is 4.39 Å². The van der Waals surface area contributed by atoms with E-state index < -0.39 is 23.1 Å². The average molecular weight is 265 g/mol. The summed E-state index contributed by atoms with van der Waals surface area (Å²) in [6.07, 6.45) is 2.52. The molecule has 19 heavy (non-hydrogen) atoms. The number of carboxylic acids is 1. The van der Waals surface area contributed by atoms with Crippen molar-refractivity contribution in [2.75, 3.05) is 6.54 Å². The first-order valence-electron chi connectivity index (χ1n) is 5.77. The van der Waals surface area contributed by atoms with Crippen molar-refractivity contribution < 1.29 is 19.1 Å². The Labute approximate surface area is 110 Å². The average Bonchev–Trinajstić information content (AvgIpc) is 2.35. The van der Waals surface area contributed by atoms with E-state index in [0.29, 0.717) is 5.56 Å². The Bertz CT molecular complexity index is 509. The molecule has 0 fully saturated rings. The Morgan fingerprint density at radius 3 is 2.58 bits per heavy atom. The largest absolute Gasteiger partial charge is 0.481 e. The van der Waals surface area contributed by atoms with Gasteiger partial charge in [-0.05, 0) is 26.0 Å². The number of hydrogen-bond donors (Lipinski definition) is 2. The molecule has 0 saturated carbocycles. The van der Waals surface area contributed by atoms with Crippen molar-refractivity contribution in [2.45, 2.75) is 13.8 Å². The van der Waals surface area contributed by atoms with Crippen molar-refractivity contribution in [1.29, 1.82) is 0 Å². The van der Waals surface area contributed by atoms with Crippen LogP contribution in [0, 0.1) is 11.2 Å². The Hall–Kier alpha value is -2.17. The van der Waals surface area contributed by atoms with Gasteiger partial charge in [0, 0.05) is 18.2 Å². The smallest absolute Gasteiger partial charge is 0.310 e. The lowest BCUT2D eigenvalue weighted by Crippen LogP contribution is -2.38. The Morgan fingerprint density at radius 2 is 2.00 bits per heavy atom.